The molecule has 1 aliphatic carbocycles. The highest BCUT2D eigenvalue weighted by Crippen LogP contribution is 2.37. The molecule has 2 heteroatoms. The maximum Gasteiger partial charge on any atom is 0.00896 e. The summed E-state index contributed by atoms with van der Waals surface area (Å²) in [5.41, 5.74) is 2.87. The lowest BCUT2D eigenvalue weighted by molar-refractivity contribution is 0.269. The first-order valence-electron chi connectivity index (χ1n) is 7.98. The molecule has 21 heavy (non-hydrogen) atoms. The molecule has 1 fully saturated rings. The van der Waals surface area contributed by atoms with E-state index in [1.54, 1.807) is 0 Å². The molecule has 1 aliphatic rings. The Bertz CT molecular complexity index is 578. The Balaban J connectivity index is 1.45. The fraction of sp³-hybridized carbons (Fsp3) is 0.474. The van der Waals surface area contributed by atoms with Gasteiger partial charge in [-0.15, -0.1) is 11.3 Å². The molecule has 1 aromatic heterocycles. The van der Waals surface area contributed by atoms with Crippen LogP contribution in [0.5, 0.6) is 0 Å². The van der Waals surface area contributed by atoms with Crippen molar-refractivity contribution in [1.29, 1.82) is 0 Å². The van der Waals surface area contributed by atoms with E-state index in [4.69, 9.17) is 0 Å². The van der Waals surface area contributed by atoms with Crippen molar-refractivity contribution in [2.75, 3.05) is 0 Å². The predicted octanol–water partition coefficient (Wildman–Crippen LogP) is 4.83. The molecular formula is C19H25NS. The molecule has 1 nitrogen and oxygen atoms in total. The zero-order chi connectivity index (χ0) is 14.8. The maximum absolute atomic E-state index is 3.79. The fourth-order valence-corrected chi connectivity index (χ4v) is 4.24. The summed E-state index contributed by atoms with van der Waals surface area (Å²) in [4.78, 5) is 2.92. The average Bonchev–Trinajstić information content (AvgIpc) is 2.80. The second-order valence-corrected chi connectivity index (χ2v) is 7.93. The van der Waals surface area contributed by atoms with Crippen LogP contribution in [0.25, 0.3) is 0 Å². The Labute approximate surface area is 132 Å². The van der Waals surface area contributed by atoms with E-state index >= 15 is 0 Å². The van der Waals surface area contributed by atoms with Crippen LogP contribution in [-0.4, -0.2) is 12.1 Å². The summed E-state index contributed by atoms with van der Waals surface area (Å²) in [5, 5.41) is 3.79. The number of hydrogen-bond acceptors (Lipinski definition) is 2. The first kappa shape index (κ1) is 14.8. The normalized spacial score (nSPS) is 22.8. The largest absolute Gasteiger partial charge is 0.311 e. The van der Waals surface area contributed by atoms with E-state index in [0.717, 1.165) is 12.3 Å². The highest BCUT2D eigenvalue weighted by atomic mass is 32.1. The van der Waals surface area contributed by atoms with Crippen LogP contribution in [0.1, 0.15) is 46.6 Å². The van der Waals surface area contributed by atoms with E-state index < -0.39 is 0 Å². The molecule has 1 atom stereocenters. The van der Waals surface area contributed by atoms with Crippen LogP contribution in [-0.2, 0) is 6.42 Å². The average molecular weight is 299 g/mol. The van der Waals surface area contributed by atoms with Gasteiger partial charge in [0, 0.05) is 21.8 Å². The molecular weight excluding hydrogens is 274 g/mol. The van der Waals surface area contributed by atoms with E-state index in [1.165, 1.54) is 33.7 Å². The molecule has 1 aromatic carbocycles. The molecule has 0 aliphatic heterocycles. The van der Waals surface area contributed by atoms with E-state index in [9.17, 15) is 0 Å². The summed E-state index contributed by atoms with van der Waals surface area (Å²) in [7, 11) is 0. The number of benzene rings is 1. The number of thiophene rings is 1. The highest BCUT2D eigenvalue weighted by Gasteiger charge is 2.30. The minimum atomic E-state index is 0.576. The van der Waals surface area contributed by atoms with Crippen LogP contribution >= 0.6 is 11.3 Å². The summed E-state index contributed by atoms with van der Waals surface area (Å²) in [6, 6.07) is 14.8. The van der Waals surface area contributed by atoms with Gasteiger partial charge in [0.1, 0.15) is 0 Å². The highest BCUT2D eigenvalue weighted by molar-refractivity contribution is 7.11. The molecule has 0 radical (unpaired) electrons. The van der Waals surface area contributed by atoms with Crippen LogP contribution in [0.15, 0.2) is 36.4 Å². The zero-order valence-corrected chi connectivity index (χ0v) is 14.0. The monoisotopic (exact) mass is 299 g/mol. The van der Waals surface area contributed by atoms with Gasteiger partial charge in [-0.2, -0.15) is 0 Å². The Morgan fingerprint density at radius 2 is 1.81 bits per heavy atom. The topological polar surface area (TPSA) is 12.0 Å². The smallest absolute Gasteiger partial charge is 0.00896 e. The van der Waals surface area contributed by atoms with Gasteiger partial charge in [0.2, 0.25) is 0 Å². The second kappa shape index (κ2) is 6.33. The maximum atomic E-state index is 3.79. The van der Waals surface area contributed by atoms with Gasteiger partial charge < -0.3 is 5.32 Å². The molecule has 2 aromatic rings. The van der Waals surface area contributed by atoms with E-state index in [2.05, 4.69) is 62.5 Å². The van der Waals surface area contributed by atoms with Gasteiger partial charge in [-0.1, -0.05) is 29.8 Å². The number of rotatable bonds is 5. The van der Waals surface area contributed by atoms with Crippen LogP contribution < -0.4 is 5.32 Å². The number of hydrogen-bond donors (Lipinski definition) is 1. The minimum absolute atomic E-state index is 0.576. The predicted molar refractivity (Wildman–Crippen MR) is 92.3 cm³/mol. The molecule has 112 valence electrons. The Hall–Kier alpha value is -1.12. The summed E-state index contributed by atoms with van der Waals surface area (Å²) in [6.07, 6.45) is 3.73. The van der Waals surface area contributed by atoms with Gasteiger partial charge in [0.25, 0.3) is 0 Å². The quantitative estimate of drug-likeness (QED) is 0.833. The van der Waals surface area contributed by atoms with Crippen LogP contribution in [0.3, 0.4) is 0 Å². The van der Waals surface area contributed by atoms with Gasteiger partial charge in [0.15, 0.2) is 0 Å². The van der Waals surface area contributed by atoms with Crippen molar-refractivity contribution in [1.82, 2.24) is 5.32 Å². The minimum Gasteiger partial charge on any atom is -0.311 e. The summed E-state index contributed by atoms with van der Waals surface area (Å²) in [6.45, 7) is 6.65. The van der Waals surface area contributed by atoms with Crippen molar-refractivity contribution >= 4 is 11.3 Å². The molecule has 1 heterocycles. The molecule has 0 bridgehead atoms. The third-order valence-electron chi connectivity index (χ3n) is 4.51. The summed E-state index contributed by atoms with van der Waals surface area (Å²) >= 11 is 1.93. The van der Waals surface area contributed by atoms with Gasteiger partial charge in [-0.3, -0.25) is 0 Å². The first-order valence-corrected chi connectivity index (χ1v) is 8.79. The number of nitrogens with one attached hydrogen (secondary N) is 1. The van der Waals surface area contributed by atoms with Crippen LogP contribution in [0, 0.1) is 13.8 Å². The van der Waals surface area contributed by atoms with Crippen molar-refractivity contribution in [3.05, 3.63) is 57.3 Å². The van der Waals surface area contributed by atoms with Crippen LogP contribution in [0.4, 0.5) is 0 Å². The molecule has 3 rings (SSSR count). The van der Waals surface area contributed by atoms with Crippen LogP contribution in [0.2, 0.25) is 0 Å². The first-order chi connectivity index (χ1) is 10.1. The third-order valence-corrected chi connectivity index (χ3v) is 5.53. The van der Waals surface area contributed by atoms with Gasteiger partial charge >= 0.3 is 0 Å². The third kappa shape index (κ3) is 3.75. The molecule has 1 saturated carbocycles. The van der Waals surface area contributed by atoms with Crippen molar-refractivity contribution in [2.45, 2.75) is 58.0 Å². The lowest BCUT2D eigenvalue weighted by atomic mass is 9.75. The molecule has 0 saturated heterocycles. The van der Waals surface area contributed by atoms with Crippen molar-refractivity contribution in [3.63, 3.8) is 0 Å². The Morgan fingerprint density at radius 1 is 1.10 bits per heavy atom. The van der Waals surface area contributed by atoms with Gasteiger partial charge in [-0.25, -0.2) is 0 Å². The zero-order valence-electron chi connectivity index (χ0n) is 13.2. The van der Waals surface area contributed by atoms with E-state index in [0.29, 0.717) is 12.1 Å². The van der Waals surface area contributed by atoms with Gasteiger partial charge in [0.05, 0.1) is 0 Å². The van der Waals surface area contributed by atoms with Crippen molar-refractivity contribution in [2.24, 2.45) is 0 Å². The number of aryl methyl sites for hydroxylation is 2. The molecule has 1 N–H and O–H groups in total. The fourth-order valence-electron chi connectivity index (χ4n) is 3.22. The van der Waals surface area contributed by atoms with Gasteiger partial charge in [-0.05, 0) is 63.6 Å². The lowest BCUT2D eigenvalue weighted by Crippen LogP contribution is -2.45. The van der Waals surface area contributed by atoms with Crippen molar-refractivity contribution in [3.8, 4) is 0 Å². The summed E-state index contributed by atoms with van der Waals surface area (Å²) in [5.74, 6) is 0.763. The van der Waals surface area contributed by atoms with E-state index in [-0.39, 0.29) is 0 Å². The molecule has 0 amide bonds. The standard InChI is InChI=1S/C19H25NS/c1-13-4-7-16(8-5-13)17-11-18(12-17)20-14(2)10-19-9-6-15(3)21-19/h4-9,14,17-18,20H,10-12H2,1-3H3. The SMILES string of the molecule is Cc1ccc(C2CC(NC(C)Cc3ccc(C)s3)C2)cc1. The lowest BCUT2D eigenvalue weighted by Gasteiger charge is -2.38. The summed E-state index contributed by atoms with van der Waals surface area (Å²) < 4.78 is 0. The Kier molecular flexibility index (Phi) is 4.46. The molecule has 1 unspecified atom stereocenters. The Morgan fingerprint density at radius 3 is 2.43 bits per heavy atom. The van der Waals surface area contributed by atoms with Crippen molar-refractivity contribution < 1.29 is 0 Å². The van der Waals surface area contributed by atoms with E-state index in [1.807, 2.05) is 11.3 Å². The molecule has 0 spiro atoms. The second-order valence-electron chi connectivity index (χ2n) is 6.56.